The number of benzene rings is 1. The highest BCUT2D eigenvalue weighted by molar-refractivity contribution is 5.99. The third kappa shape index (κ3) is 18.7. The number of likely N-dealkylation sites (N-methyl/N-ethyl adjacent to an activating group) is 1. The van der Waals surface area contributed by atoms with Crippen molar-refractivity contribution in [1.82, 2.24) is 20.5 Å². The largest absolute Gasteiger partial charge is 0.506 e. The minimum atomic E-state index is -0.337. The summed E-state index contributed by atoms with van der Waals surface area (Å²) < 4.78 is 5.67. The molecule has 7 N–H and O–H groups in total. The minimum absolute atomic E-state index is 0.307. The van der Waals surface area contributed by atoms with Crippen LogP contribution in [-0.2, 0) is 11.3 Å². The van der Waals surface area contributed by atoms with Crippen molar-refractivity contribution in [2.45, 2.75) is 80.9 Å². The Bertz CT molecular complexity index is 1220. The van der Waals surface area contributed by atoms with E-state index < -0.39 is 0 Å². The number of methoxy groups -OCH3 is 1. The number of aromatic hydroxyl groups is 1. The maximum absolute atomic E-state index is 9.46. The Morgan fingerprint density at radius 2 is 1.81 bits per heavy atom. The smallest absolute Gasteiger partial charge is 0.206 e. The summed E-state index contributed by atoms with van der Waals surface area (Å²) in [6, 6.07) is 9.36. The molecule has 0 radical (unpaired) electrons. The van der Waals surface area contributed by atoms with Gasteiger partial charge in [-0.25, -0.2) is 0 Å². The SMILES string of the molecule is C/C=C(\C=C/CC)c1cccc(N/C(=C/C(N)NC)C(C)=N)c1OC.CC.CC1CN(Cc2ncccc2O)C1.CCC.CNC=O. The summed E-state index contributed by atoms with van der Waals surface area (Å²) in [5, 5.41) is 25.9. The van der Waals surface area contributed by atoms with Crippen LogP contribution >= 0.6 is 0 Å². The van der Waals surface area contributed by atoms with E-state index in [9.17, 15) is 5.11 Å². The Labute approximate surface area is 285 Å². The van der Waals surface area contributed by atoms with E-state index in [1.54, 1.807) is 52.5 Å². The average Bonchev–Trinajstić information content (AvgIpc) is 3.06. The van der Waals surface area contributed by atoms with Crippen LogP contribution in [0.4, 0.5) is 5.69 Å². The number of ether oxygens (including phenoxy) is 1. The summed E-state index contributed by atoms with van der Waals surface area (Å²) in [5.41, 5.74) is 10.6. The highest BCUT2D eigenvalue weighted by Gasteiger charge is 2.23. The number of allylic oxidation sites excluding steroid dienone is 5. The van der Waals surface area contributed by atoms with Gasteiger partial charge in [-0.1, -0.05) is 78.3 Å². The van der Waals surface area contributed by atoms with Gasteiger partial charge in [0.2, 0.25) is 6.41 Å². The molecular weight excluding hydrogens is 590 g/mol. The molecule has 2 aromatic rings. The van der Waals surface area contributed by atoms with E-state index in [2.05, 4.69) is 71.8 Å². The van der Waals surface area contributed by atoms with Crippen LogP contribution in [0.15, 0.2) is 66.5 Å². The summed E-state index contributed by atoms with van der Waals surface area (Å²) in [4.78, 5) is 15.5. The number of amides is 1. The van der Waals surface area contributed by atoms with Crippen molar-refractivity contribution in [2.75, 3.05) is 39.6 Å². The van der Waals surface area contributed by atoms with Crippen molar-refractivity contribution < 1.29 is 14.6 Å². The summed E-state index contributed by atoms with van der Waals surface area (Å²) in [5.74, 6) is 1.84. The highest BCUT2D eigenvalue weighted by Crippen LogP contribution is 2.35. The average molecular weight is 654 g/mol. The molecule has 1 aliphatic rings. The number of pyridine rings is 1. The molecule has 0 saturated carbocycles. The van der Waals surface area contributed by atoms with E-state index in [0.29, 0.717) is 23.6 Å². The van der Waals surface area contributed by atoms with Crippen LogP contribution in [0.3, 0.4) is 0 Å². The first-order valence-corrected chi connectivity index (χ1v) is 16.5. The number of hydrogen-bond acceptors (Lipinski definition) is 9. The second kappa shape index (κ2) is 28.3. The molecule has 2 heterocycles. The number of hydrogen-bond donors (Lipinski definition) is 6. The molecule has 1 unspecified atom stereocenters. The van der Waals surface area contributed by atoms with Gasteiger partial charge in [0.15, 0.2) is 0 Å². The lowest BCUT2D eigenvalue weighted by atomic mass is 10.0. The molecule has 10 nitrogen and oxygen atoms in total. The molecule has 264 valence electrons. The van der Waals surface area contributed by atoms with E-state index in [1.807, 2.05) is 39.0 Å². The summed E-state index contributed by atoms with van der Waals surface area (Å²) >= 11 is 0. The van der Waals surface area contributed by atoms with E-state index in [0.717, 1.165) is 60.2 Å². The first-order chi connectivity index (χ1) is 22.6. The number of anilines is 1. The number of likely N-dealkylation sites (tertiary alicyclic amines) is 1. The zero-order valence-electron chi connectivity index (χ0n) is 30.8. The molecule has 1 aromatic carbocycles. The quantitative estimate of drug-likeness (QED) is 0.0624. The van der Waals surface area contributed by atoms with Crippen LogP contribution in [0.1, 0.15) is 79.5 Å². The fraction of sp³-hybridized carbons (Fsp3) is 0.486. The molecule has 0 bridgehead atoms. The lowest BCUT2D eigenvalue weighted by Crippen LogP contribution is -2.44. The number of carbonyl (C=O) groups excluding carboxylic acids is 1. The molecule has 1 atom stereocenters. The minimum Gasteiger partial charge on any atom is -0.506 e. The lowest BCUT2D eigenvalue weighted by Gasteiger charge is -2.36. The normalized spacial score (nSPS) is 13.4. The third-order valence-electron chi connectivity index (χ3n) is 6.22. The monoisotopic (exact) mass is 653 g/mol. The van der Waals surface area contributed by atoms with Crippen molar-refractivity contribution in [3.05, 3.63) is 77.8 Å². The van der Waals surface area contributed by atoms with Crippen LogP contribution in [0.25, 0.3) is 5.57 Å². The fourth-order valence-electron chi connectivity index (χ4n) is 4.06. The predicted molar refractivity (Wildman–Crippen MR) is 201 cm³/mol. The van der Waals surface area contributed by atoms with Gasteiger partial charge < -0.3 is 36.9 Å². The maximum Gasteiger partial charge on any atom is 0.206 e. The molecule has 1 fully saturated rings. The van der Waals surface area contributed by atoms with Gasteiger partial charge in [-0.15, -0.1) is 0 Å². The Morgan fingerprint density at radius 1 is 1.19 bits per heavy atom. The van der Waals surface area contributed by atoms with Gasteiger partial charge in [-0.2, -0.15) is 0 Å². The lowest BCUT2D eigenvalue weighted by molar-refractivity contribution is -0.109. The zero-order chi connectivity index (χ0) is 36.2. The van der Waals surface area contributed by atoms with Crippen molar-refractivity contribution in [3.63, 3.8) is 0 Å². The molecular formula is C37H63N7O3. The summed E-state index contributed by atoms with van der Waals surface area (Å²) in [6.45, 7) is 19.3. The molecule has 1 amide bonds. The topological polar surface area (TPSA) is 149 Å². The molecule has 1 aliphatic heterocycles. The first-order valence-electron chi connectivity index (χ1n) is 16.5. The molecule has 0 aliphatic carbocycles. The van der Waals surface area contributed by atoms with E-state index in [-0.39, 0.29) is 6.17 Å². The third-order valence-corrected chi connectivity index (χ3v) is 6.22. The number of nitrogens with one attached hydrogen (secondary N) is 4. The Kier molecular flexibility index (Phi) is 27.1. The molecule has 1 aromatic heterocycles. The molecule has 0 spiro atoms. The van der Waals surface area contributed by atoms with Crippen LogP contribution in [0.2, 0.25) is 0 Å². The van der Waals surface area contributed by atoms with Gasteiger partial charge in [-0.3, -0.25) is 14.7 Å². The maximum atomic E-state index is 9.46. The van der Waals surface area contributed by atoms with Gasteiger partial charge >= 0.3 is 0 Å². The van der Waals surface area contributed by atoms with Gasteiger partial charge in [-0.05, 0) is 63.1 Å². The molecule has 47 heavy (non-hydrogen) atoms. The number of para-hydroxylation sites is 1. The number of nitrogens with two attached hydrogens (primary N) is 1. The van der Waals surface area contributed by atoms with E-state index in [4.69, 9.17) is 20.7 Å². The van der Waals surface area contributed by atoms with Crippen molar-refractivity contribution in [1.29, 1.82) is 5.41 Å². The Balaban J connectivity index is 0. The van der Waals surface area contributed by atoms with Crippen LogP contribution in [0, 0.1) is 11.3 Å². The van der Waals surface area contributed by atoms with Crippen molar-refractivity contribution in [2.24, 2.45) is 11.7 Å². The number of carbonyl (C=O) groups is 1. The molecule has 10 heteroatoms. The van der Waals surface area contributed by atoms with Crippen LogP contribution < -0.4 is 26.4 Å². The van der Waals surface area contributed by atoms with Crippen LogP contribution in [-0.4, -0.2) is 67.6 Å². The first kappa shape index (κ1) is 45.1. The number of rotatable bonds is 12. The van der Waals surface area contributed by atoms with E-state index in [1.165, 1.54) is 6.42 Å². The molecule has 1 saturated heterocycles. The summed E-state index contributed by atoms with van der Waals surface area (Å²) in [6.07, 6.45) is 12.3. The van der Waals surface area contributed by atoms with Crippen molar-refractivity contribution >= 4 is 23.4 Å². The van der Waals surface area contributed by atoms with Gasteiger partial charge in [0.25, 0.3) is 0 Å². The predicted octanol–water partition coefficient (Wildman–Crippen LogP) is 6.95. The standard InChI is InChI=1S/C20H30N4O.C10H14N2O.C3H8.C2H5NO.C2H6/c1-6-8-10-15(7-2)16-11-9-12-17(20(16)25-5)24-18(14(3)21)13-19(22)23-4;1-8-5-12(6-8)7-9-10(13)3-2-4-11-9;1-3-2;1-3-2-4;1-2/h7-13,19,21,23-24H,6,22H2,1-5H3;2-4,8,13H,5-7H2,1H3;3H2,1-2H3;2H,1H3,(H,3,4);1-2H3/b10-8-,15-7+,18-13+,21-14?;;;;. The molecule has 3 rings (SSSR count). The fourth-order valence-corrected chi connectivity index (χ4v) is 4.06. The Hall–Kier alpha value is -3.99. The van der Waals surface area contributed by atoms with Gasteiger partial charge in [0, 0.05) is 38.4 Å². The number of aromatic nitrogens is 1. The van der Waals surface area contributed by atoms with Crippen molar-refractivity contribution in [3.8, 4) is 11.5 Å². The summed E-state index contributed by atoms with van der Waals surface area (Å²) in [7, 11) is 4.99. The highest BCUT2D eigenvalue weighted by atomic mass is 16.5. The van der Waals surface area contributed by atoms with Gasteiger partial charge in [0.1, 0.15) is 11.5 Å². The van der Waals surface area contributed by atoms with Crippen LogP contribution in [0.5, 0.6) is 11.5 Å². The second-order valence-corrected chi connectivity index (χ2v) is 10.5. The zero-order valence-corrected chi connectivity index (χ0v) is 30.8. The number of nitrogens with zero attached hydrogens (tertiary/aromatic N) is 2. The van der Waals surface area contributed by atoms with Gasteiger partial charge in [0.05, 0.1) is 36.1 Å². The Morgan fingerprint density at radius 3 is 2.26 bits per heavy atom. The second-order valence-electron chi connectivity index (χ2n) is 10.5. The van der Waals surface area contributed by atoms with E-state index >= 15 is 0 Å².